The molecule has 0 aliphatic heterocycles. The van der Waals surface area contributed by atoms with Crippen LogP contribution in [0.3, 0.4) is 0 Å². The van der Waals surface area contributed by atoms with E-state index in [0.717, 1.165) is 31.2 Å². The minimum atomic E-state index is -0.302. The standard InChI is InChI=1S/C17H22N6O2S/c1-2-3-4-5-6-14(24)20-17-23-22-16(26-17)11-15(25)21-19-12-13-7-9-18-10-8-13/h7-10,12H,2-6,11H2,1H3,(H,21,25)(H,20,23,24)/b19-12-. The average Bonchev–Trinajstić information content (AvgIpc) is 3.06. The van der Waals surface area contributed by atoms with E-state index < -0.39 is 0 Å². The minimum absolute atomic E-state index is 0.0533. The first-order valence-corrected chi connectivity index (χ1v) is 9.33. The first-order valence-electron chi connectivity index (χ1n) is 8.51. The van der Waals surface area contributed by atoms with Crippen molar-refractivity contribution >= 4 is 34.5 Å². The van der Waals surface area contributed by atoms with Gasteiger partial charge in [-0.05, 0) is 24.1 Å². The van der Waals surface area contributed by atoms with Gasteiger partial charge in [0, 0.05) is 18.8 Å². The molecule has 2 aromatic heterocycles. The zero-order valence-electron chi connectivity index (χ0n) is 14.6. The van der Waals surface area contributed by atoms with Crippen LogP contribution in [0.2, 0.25) is 0 Å². The summed E-state index contributed by atoms with van der Waals surface area (Å²) in [6, 6.07) is 3.55. The van der Waals surface area contributed by atoms with E-state index in [-0.39, 0.29) is 18.2 Å². The van der Waals surface area contributed by atoms with Crippen molar-refractivity contribution in [1.29, 1.82) is 0 Å². The van der Waals surface area contributed by atoms with Gasteiger partial charge in [0.15, 0.2) is 0 Å². The molecule has 0 aromatic carbocycles. The summed E-state index contributed by atoms with van der Waals surface area (Å²) in [5.41, 5.74) is 3.26. The summed E-state index contributed by atoms with van der Waals surface area (Å²) in [6.07, 6.45) is 9.52. The Kier molecular flexibility index (Phi) is 8.34. The van der Waals surface area contributed by atoms with Gasteiger partial charge in [-0.2, -0.15) is 5.10 Å². The van der Waals surface area contributed by atoms with Crippen molar-refractivity contribution < 1.29 is 9.59 Å². The first kappa shape index (κ1) is 19.6. The molecule has 2 N–H and O–H groups in total. The highest BCUT2D eigenvalue weighted by molar-refractivity contribution is 7.15. The van der Waals surface area contributed by atoms with Crippen LogP contribution in [-0.4, -0.2) is 33.2 Å². The lowest BCUT2D eigenvalue weighted by Crippen LogP contribution is -2.19. The van der Waals surface area contributed by atoms with E-state index in [2.05, 4.69) is 37.9 Å². The van der Waals surface area contributed by atoms with Gasteiger partial charge in [0.1, 0.15) is 5.01 Å². The molecule has 0 bridgehead atoms. The lowest BCUT2D eigenvalue weighted by molar-refractivity contribution is -0.120. The number of hydrazone groups is 1. The quantitative estimate of drug-likeness (QED) is 0.377. The summed E-state index contributed by atoms with van der Waals surface area (Å²) in [6.45, 7) is 2.13. The lowest BCUT2D eigenvalue weighted by atomic mass is 10.1. The monoisotopic (exact) mass is 374 g/mol. The first-order chi connectivity index (χ1) is 12.7. The zero-order chi connectivity index (χ0) is 18.6. The Balaban J connectivity index is 1.72. The van der Waals surface area contributed by atoms with E-state index in [0.29, 0.717) is 16.6 Å². The van der Waals surface area contributed by atoms with Crippen LogP contribution in [-0.2, 0) is 16.0 Å². The molecule has 0 unspecified atom stereocenters. The second kappa shape index (κ2) is 11.0. The molecule has 2 aromatic rings. The van der Waals surface area contributed by atoms with Crippen LogP contribution in [0.25, 0.3) is 0 Å². The van der Waals surface area contributed by atoms with Crippen LogP contribution in [0.15, 0.2) is 29.6 Å². The Labute approximate surface area is 156 Å². The van der Waals surface area contributed by atoms with E-state index in [9.17, 15) is 9.59 Å². The van der Waals surface area contributed by atoms with Gasteiger partial charge in [0.2, 0.25) is 16.9 Å². The van der Waals surface area contributed by atoms with Gasteiger partial charge in [-0.1, -0.05) is 37.5 Å². The molecule has 9 heteroatoms. The molecule has 0 fully saturated rings. The predicted molar refractivity (Wildman–Crippen MR) is 101 cm³/mol. The SMILES string of the molecule is CCCCCCC(=O)Nc1nnc(CC(=O)N/N=C\c2ccncc2)s1. The van der Waals surface area contributed by atoms with Crippen LogP contribution in [0.1, 0.15) is 49.6 Å². The van der Waals surface area contributed by atoms with Crippen molar-refractivity contribution in [3.8, 4) is 0 Å². The highest BCUT2D eigenvalue weighted by Gasteiger charge is 2.11. The normalized spacial score (nSPS) is 10.8. The smallest absolute Gasteiger partial charge is 0.247 e. The topological polar surface area (TPSA) is 109 Å². The minimum Gasteiger partial charge on any atom is -0.301 e. The summed E-state index contributed by atoms with van der Waals surface area (Å²) in [5.74, 6) is -0.376. The van der Waals surface area contributed by atoms with Crippen molar-refractivity contribution in [3.63, 3.8) is 0 Å². The second-order valence-electron chi connectivity index (χ2n) is 5.61. The van der Waals surface area contributed by atoms with Crippen LogP contribution in [0, 0.1) is 0 Å². The average molecular weight is 374 g/mol. The Morgan fingerprint density at radius 2 is 1.96 bits per heavy atom. The van der Waals surface area contributed by atoms with Crippen LogP contribution in [0.4, 0.5) is 5.13 Å². The third-order valence-corrected chi connectivity index (χ3v) is 4.23. The summed E-state index contributed by atoms with van der Waals surface area (Å²) >= 11 is 1.19. The molecular formula is C17H22N6O2S. The van der Waals surface area contributed by atoms with E-state index in [1.165, 1.54) is 17.6 Å². The van der Waals surface area contributed by atoms with E-state index >= 15 is 0 Å². The number of aromatic nitrogens is 3. The number of nitrogens with zero attached hydrogens (tertiary/aromatic N) is 4. The van der Waals surface area contributed by atoms with Gasteiger partial charge in [-0.15, -0.1) is 10.2 Å². The molecule has 2 heterocycles. The molecule has 8 nitrogen and oxygen atoms in total. The molecule has 0 atom stereocenters. The number of unbranched alkanes of at least 4 members (excludes halogenated alkanes) is 3. The fourth-order valence-corrected chi connectivity index (χ4v) is 2.83. The van der Waals surface area contributed by atoms with Crippen molar-refractivity contribution in [2.24, 2.45) is 5.10 Å². The van der Waals surface area contributed by atoms with Crippen LogP contribution < -0.4 is 10.7 Å². The Hall–Kier alpha value is -2.68. The van der Waals surface area contributed by atoms with Crippen molar-refractivity contribution in [3.05, 3.63) is 35.1 Å². The fourth-order valence-electron chi connectivity index (χ4n) is 2.07. The molecular weight excluding hydrogens is 352 g/mol. The number of carbonyl (C=O) groups is 2. The van der Waals surface area contributed by atoms with Gasteiger partial charge in [0.05, 0.1) is 12.6 Å². The highest BCUT2D eigenvalue weighted by Crippen LogP contribution is 2.16. The molecule has 0 radical (unpaired) electrons. The maximum Gasteiger partial charge on any atom is 0.247 e. The molecule has 138 valence electrons. The molecule has 26 heavy (non-hydrogen) atoms. The van der Waals surface area contributed by atoms with Crippen molar-refractivity contribution in [1.82, 2.24) is 20.6 Å². The fraction of sp³-hybridized carbons (Fsp3) is 0.412. The number of anilines is 1. The molecule has 0 spiro atoms. The summed E-state index contributed by atoms with van der Waals surface area (Å²) < 4.78 is 0. The Morgan fingerprint density at radius 1 is 1.15 bits per heavy atom. The predicted octanol–water partition coefficient (Wildman–Crippen LogP) is 2.53. The number of rotatable bonds is 10. The maximum absolute atomic E-state index is 11.9. The molecule has 0 saturated heterocycles. The number of carbonyl (C=O) groups excluding carboxylic acids is 2. The zero-order valence-corrected chi connectivity index (χ0v) is 15.5. The second-order valence-corrected chi connectivity index (χ2v) is 6.67. The number of hydrogen-bond acceptors (Lipinski definition) is 7. The van der Waals surface area contributed by atoms with E-state index in [1.54, 1.807) is 24.5 Å². The van der Waals surface area contributed by atoms with Gasteiger partial charge < -0.3 is 5.32 Å². The Morgan fingerprint density at radius 3 is 2.73 bits per heavy atom. The van der Waals surface area contributed by atoms with Gasteiger partial charge in [0.25, 0.3) is 0 Å². The Bertz CT molecular complexity index is 732. The van der Waals surface area contributed by atoms with Crippen molar-refractivity contribution in [2.75, 3.05) is 5.32 Å². The van der Waals surface area contributed by atoms with Crippen LogP contribution >= 0.6 is 11.3 Å². The van der Waals surface area contributed by atoms with Gasteiger partial charge >= 0.3 is 0 Å². The summed E-state index contributed by atoms with van der Waals surface area (Å²) in [4.78, 5) is 27.6. The van der Waals surface area contributed by atoms with E-state index in [4.69, 9.17) is 0 Å². The molecule has 0 aliphatic rings. The largest absolute Gasteiger partial charge is 0.301 e. The van der Waals surface area contributed by atoms with E-state index in [1.807, 2.05) is 0 Å². The van der Waals surface area contributed by atoms with Gasteiger partial charge in [-0.25, -0.2) is 5.43 Å². The van der Waals surface area contributed by atoms with Crippen LogP contribution in [0.5, 0.6) is 0 Å². The maximum atomic E-state index is 11.9. The molecule has 2 rings (SSSR count). The molecule has 2 amide bonds. The summed E-state index contributed by atoms with van der Waals surface area (Å²) in [7, 11) is 0. The third kappa shape index (κ3) is 7.47. The van der Waals surface area contributed by atoms with Gasteiger partial charge in [-0.3, -0.25) is 14.6 Å². The van der Waals surface area contributed by atoms with Crippen molar-refractivity contribution in [2.45, 2.75) is 45.4 Å². The third-order valence-electron chi connectivity index (χ3n) is 3.39. The number of hydrogen-bond donors (Lipinski definition) is 2. The molecule has 0 aliphatic carbocycles. The highest BCUT2D eigenvalue weighted by atomic mass is 32.1. The number of pyridine rings is 1. The molecule has 0 saturated carbocycles. The number of nitrogens with one attached hydrogen (secondary N) is 2. The summed E-state index contributed by atoms with van der Waals surface area (Å²) in [5, 5.41) is 15.3. The number of amides is 2. The lowest BCUT2D eigenvalue weighted by Gasteiger charge is -2.00.